The highest BCUT2D eigenvalue weighted by atomic mass is 32.1. The maximum absolute atomic E-state index is 12.4. The van der Waals surface area contributed by atoms with E-state index in [2.05, 4.69) is 25.6 Å². The summed E-state index contributed by atoms with van der Waals surface area (Å²) < 4.78 is 41.1. The molecule has 16 heteroatoms. The molecule has 0 atom stereocenters. The number of nitrogens with zero attached hydrogens (tertiary/aromatic N) is 3. The normalized spacial score (nSPS) is 14.8. The van der Waals surface area contributed by atoms with E-state index in [0.29, 0.717) is 47.8 Å². The molecule has 0 saturated heterocycles. The number of aromatic nitrogens is 2. The molecule has 0 bridgehead atoms. The average molecular weight is 614 g/mol. The third kappa shape index (κ3) is 14.0. The Balaban J connectivity index is 1.70. The fourth-order valence-electron chi connectivity index (χ4n) is 3.53. The fourth-order valence-corrected chi connectivity index (χ4v) is 4.33. The second-order valence-electron chi connectivity index (χ2n) is 9.80. The van der Waals surface area contributed by atoms with E-state index in [4.69, 9.17) is 23.0 Å². The first-order chi connectivity index (χ1) is 19.7. The van der Waals surface area contributed by atoms with Crippen LogP contribution in [0.5, 0.6) is 0 Å². The minimum absolute atomic E-state index is 0.0577. The van der Waals surface area contributed by atoms with Gasteiger partial charge in [0.2, 0.25) is 16.9 Å². The molecule has 0 fully saturated rings. The van der Waals surface area contributed by atoms with Gasteiger partial charge in [-0.15, -0.1) is 23.4 Å². The van der Waals surface area contributed by atoms with E-state index < -0.39 is 12.3 Å². The van der Waals surface area contributed by atoms with Crippen molar-refractivity contribution in [3.63, 3.8) is 0 Å². The van der Waals surface area contributed by atoms with Crippen LogP contribution in [0.3, 0.4) is 0 Å². The molecule has 2 rings (SSSR count). The first-order valence-corrected chi connectivity index (χ1v) is 14.0. The van der Waals surface area contributed by atoms with Crippen LogP contribution in [0.4, 0.5) is 18.3 Å². The lowest BCUT2D eigenvalue weighted by Gasteiger charge is -2.16. The van der Waals surface area contributed by atoms with Gasteiger partial charge in [0.05, 0.1) is 0 Å². The van der Waals surface area contributed by atoms with Crippen LogP contribution in [0.1, 0.15) is 57.4 Å². The molecule has 1 aromatic heterocycles. The number of unbranched alkanes of at least 4 members (excludes halogenated alkanes) is 1. The monoisotopic (exact) mass is 613 g/mol. The molecule has 0 aromatic carbocycles. The molecule has 0 saturated carbocycles. The molecule has 0 spiro atoms. The number of nitrogens with one attached hydrogen (secondary N) is 2. The molecule has 1 heterocycles. The molecule has 42 heavy (non-hydrogen) atoms. The quantitative estimate of drug-likeness (QED) is 0.0739. The molecule has 0 aliphatic heterocycles. The Kier molecular flexibility index (Phi) is 13.3. The number of aryl methyl sites for hydroxylation is 1. The lowest BCUT2D eigenvalue weighted by molar-refractivity contribution is -0.303. The molecule has 232 valence electrons. The molecule has 1 aliphatic carbocycles. The second kappa shape index (κ2) is 16.4. The van der Waals surface area contributed by atoms with Crippen LogP contribution < -0.4 is 33.7 Å². The second-order valence-corrected chi connectivity index (χ2v) is 10.9. The Morgan fingerprint density at radius 3 is 2.60 bits per heavy atom. The molecular formula is C26H38F3N9O3S. The van der Waals surface area contributed by atoms with Gasteiger partial charge in [-0.05, 0) is 62.3 Å². The van der Waals surface area contributed by atoms with Gasteiger partial charge in [0.25, 0.3) is 0 Å². The third-order valence-electron chi connectivity index (χ3n) is 5.67. The molecule has 1 aromatic rings. The molecule has 2 amide bonds. The number of rotatable bonds is 15. The standard InChI is InChI=1S/C26H38F3N9O3S/c1-16(2)20(31)14-38(33)15-23(40)35-25-37-36-24(42-25)9-4-3-7-18(30)10-11-21(32)34-22(39)13-17-6-5-8-19(12-17)41-26(27,28)29/h8,10-12,14,16H,3-7,9,13,15,30-33H2,1-2H3,(H,34,39)(H,35,37,40)/b18-10-,20-14-,21-11+. The molecule has 0 unspecified atom stereocenters. The predicted octanol–water partition coefficient (Wildman–Crippen LogP) is 3.11. The van der Waals surface area contributed by atoms with E-state index in [-0.39, 0.29) is 36.4 Å². The number of halogens is 3. The van der Waals surface area contributed by atoms with Crippen molar-refractivity contribution in [2.75, 3.05) is 11.9 Å². The smallest absolute Gasteiger partial charge is 0.406 e. The van der Waals surface area contributed by atoms with Crippen molar-refractivity contribution in [1.82, 2.24) is 20.5 Å². The number of nitrogens with two attached hydrogens (primary N) is 4. The molecular weight excluding hydrogens is 575 g/mol. The van der Waals surface area contributed by atoms with Gasteiger partial charge in [0, 0.05) is 30.4 Å². The molecule has 12 nitrogen and oxygen atoms in total. The van der Waals surface area contributed by atoms with Gasteiger partial charge in [-0.2, -0.15) is 0 Å². The highest BCUT2D eigenvalue weighted by molar-refractivity contribution is 7.15. The summed E-state index contributed by atoms with van der Waals surface area (Å²) in [6, 6.07) is 0. The number of anilines is 1. The zero-order valence-corrected chi connectivity index (χ0v) is 24.4. The van der Waals surface area contributed by atoms with Crippen molar-refractivity contribution in [3.8, 4) is 0 Å². The predicted molar refractivity (Wildman–Crippen MR) is 154 cm³/mol. The maximum atomic E-state index is 12.4. The Hall–Kier alpha value is -4.05. The number of hydrogen-bond acceptors (Lipinski definition) is 11. The fraction of sp³-hybridized carbons (Fsp3) is 0.462. The Bertz CT molecular complexity index is 1240. The zero-order chi connectivity index (χ0) is 31.3. The number of amides is 2. The van der Waals surface area contributed by atoms with Crippen molar-refractivity contribution < 1.29 is 27.5 Å². The molecule has 10 N–H and O–H groups in total. The summed E-state index contributed by atoms with van der Waals surface area (Å²) in [5, 5.41) is 15.6. The highest BCUT2D eigenvalue weighted by Gasteiger charge is 2.32. The number of hydrazine groups is 1. The number of ether oxygens (including phenoxy) is 1. The van der Waals surface area contributed by atoms with Crippen LogP contribution >= 0.6 is 11.3 Å². The summed E-state index contributed by atoms with van der Waals surface area (Å²) >= 11 is 1.27. The number of carbonyl (C=O) groups is 2. The van der Waals surface area contributed by atoms with Crippen molar-refractivity contribution in [3.05, 3.63) is 64.1 Å². The Labute approximate surface area is 246 Å². The van der Waals surface area contributed by atoms with Gasteiger partial charge in [0.15, 0.2) is 0 Å². The van der Waals surface area contributed by atoms with Gasteiger partial charge >= 0.3 is 6.36 Å². The van der Waals surface area contributed by atoms with Crippen molar-refractivity contribution >= 4 is 28.3 Å². The van der Waals surface area contributed by atoms with E-state index in [1.165, 1.54) is 40.8 Å². The van der Waals surface area contributed by atoms with E-state index >= 15 is 0 Å². The summed E-state index contributed by atoms with van der Waals surface area (Å²) in [6.45, 7) is 3.75. The molecule has 1 aliphatic rings. The summed E-state index contributed by atoms with van der Waals surface area (Å²) in [7, 11) is 0. The van der Waals surface area contributed by atoms with Crippen molar-refractivity contribution in [2.45, 2.75) is 65.2 Å². The van der Waals surface area contributed by atoms with Gasteiger partial charge in [-0.3, -0.25) is 14.9 Å². The van der Waals surface area contributed by atoms with E-state index in [1.807, 2.05) is 13.8 Å². The first-order valence-electron chi connectivity index (χ1n) is 13.2. The van der Waals surface area contributed by atoms with E-state index in [0.717, 1.165) is 17.8 Å². The van der Waals surface area contributed by atoms with Crippen molar-refractivity contribution in [1.29, 1.82) is 0 Å². The first kappa shape index (κ1) is 34.2. The Morgan fingerprint density at radius 2 is 1.90 bits per heavy atom. The summed E-state index contributed by atoms with van der Waals surface area (Å²) in [5.74, 6) is 4.82. The number of allylic oxidation sites excluding steroid dienone is 6. The van der Waals surface area contributed by atoms with Crippen LogP contribution in [0.15, 0.2) is 59.1 Å². The Morgan fingerprint density at radius 1 is 1.17 bits per heavy atom. The van der Waals surface area contributed by atoms with E-state index in [1.54, 1.807) is 6.08 Å². The van der Waals surface area contributed by atoms with Gasteiger partial charge in [-0.25, -0.2) is 5.84 Å². The zero-order valence-electron chi connectivity index (χ0n) is 23.5. The van der Waals surface area contributed by atoms with Crippen LogP contribution in [0.2, 0.25) is 0 Å². The number of carbonyl (C=O) groups excluding carboxylic acids is 2. The number of alkyl halides is 3. The summed E-state index contributed by atoms with van der Waals surface area (Å²) in [4.78, 5) is 24.4. The lowest BCUT2D eigenvalue weighted by Crippen LogP contribution is -2.35. The largest absolute Gasteiger partial charge is 0.573 e. The van der Waals surface area contributed by atoms with Crippen LogP contribution in [0, 0.1) is 5.92 Å². The minimum Gasteiger partial charge on any atom is -0.406 e. The van der Waals surface area contributed by atoms with Gasteiger partial charge < -0.3 is 32.3 Å². The maximum Gasteiger partial charge on any atom is 0.573 e. The highest BCUT2D eigenvalue weighted by Crippen LogP contribution is 2.27. The van der Waals surface area contributed by atoms with E-state index in [9.17, 15) is 22.8 Å². The van der Waals surface area contributed by atoms with Crippen molar-refractivity contribution in [2.24, 2.45) is 29.0 Å². The van der Waals surface area contributed by atoms with Gasteiger partial charge in [0.1, 0.15) is 23.1 Å². The number of hydrogen-bond donors (Lipinski definition) is 6. The van der Waals surface area contributed by atoms with Crippen LogP contribution in [-0.2, 0) is 20.7 Å². The third-order valence-corrected chi connectivity index (χ3v) is 6.56. The van der Waals surface area contributed by atoms with Crippen LogP contribution in [-0.4, -0.2) is 39.9 Å². The topological polar surface area (TPSA) is 201 Å². The van der Waals surface area contributed by atoms with Crippen LogP contribution in [0.25, 0.3) is 0 Å². The summed E-state index contributed by atoms with van der Waals surface area (Å²) in [6.07, 6.45) is 5.71. The minimum atomic E-state index is -4.79. The molecule has 0 radical (unpaired) electrons. The van der Waals surface area contributed by atoms with Gasteiger partial charge in [-0.1, -0.05) is 30.8 Å². The summed E-state index contributed by atoms with van der Waals surface area (Å²) in [5.41, 5.74) is 19.3. The average Bonchev–Trinajstić information content (AvgIpc) is 3.31. The SMILES string of the molecule is CC(C)/C(N)=C/N(N)CC(=O)Nc1nnc(CCCC/C(N)=C/C=C(\N)NC(=O)CC2=CC(OC(F)(F)F)=CCC2)s1. The lowest BCUT2D eigenvalue weighted by atomic mass is 10.0.